The van der Waals surface area contributed by atoms with Gasteiger partial charge in [0, 0.05) is 12.7 Å². The van der Waals surface area contributed by atoms with E-state index in [4.69, 9.17) is 16.3 Å². The zero-order valence-corrected chi connectivity index (χ0v) is 15.6. The van der Waals surface area contributed by atoms with E-state index in [0.717, 1.165) is 5.56 Å². The van der Waals surface area contributed by atoms with Crippen LogP contribution in [0.25, 0.3) is 0 Å². The second kappa shape index (κ2) is 8.50. The van der Waals surface area contributed by atoms with Gasteiger partial charge in [-0.05, 0) is 30.2 Å². The number of nitrogens with zero attached hydrogens (tertiary/aromatic N) is 1. The van der Waals surface area contributed by atoms with Gasteiger partial charge in [-0.1, -0.05) is 41.9 Å². The van der Waals surface area contributed by atoms with Crippen molar-refractivity contribution in [1.82, 2.24) is 5.32 Å². The molecule has 2 atom stereocenters. The topological polar surface area (TPSA) is 58.6 Å². The average molecular weight is 391 g/mol. The van der Waals surface area contributed by atoms with E-state index in [1.807, 2.05) is 30.3 Å². The molecule has 1 saturated heterocycles. The molecule has 1 fully saturated rings. The Morgan fingerprint density at radius 3 is 2.74 bits per heavy atom. The van der Waals surface area contributed by atoms with Crippen LogP contribution in [0, 0.1) is 11.7 Å². The maximum absolute atomic E-state index is 13.3. The minimum Gasteiger partial charge on any atom is -0.376 e. The number of nitrogens with one attached hydrogen (secondary N) is 1. The van der Waals surface area contributed by atoms with E-state index < -0.39 is 11.9 Å². The Balaban J connectivity index is 1.55. The number of hydrogen-bond acceptors (Lipinski definition) is 3. The summed E-state index contributed by atoms with van der Waals surface area (Å²) in [4.78, 5) is 26.2. The lowest BCUT2D eigenvalue weighted by Crippen LogP contribution is -2.42. The van der Waals surface area contributed by atoms with Crippen molar-refractivity contribution in [2.45, 2.75) is 19.1 Å². The van der Waals surface area contributed by atoms with Gasteiger partial charge < -0.3 is 15.0 Å². The predicted octanol–water partition coefficient (Wildman–Crippen LogP) is 3.16. The minimum atomic E-state index is -0.642. The van der Waals surface area contributed by atoms with Crippen molar-refractivity contribution in [2.75, 3.05) is 18.6 Å². The Morgan fingerprint density at radius 2 is 2.04 bits per heavy atom. The second-order valence-corrected chi connectivity index (χ2v) is 6.90. The Hall–Kier alpha value is -2.44. The standard InChI is InChI=1S/C20H20ClFN2O3/c1-24(15-7-8-17(22)16(21)10-15)20(26)18-9-14(19(25)23-18)12-27-11-13-5-3-2-4-6-13/h2-8,10,14,18H,9,11-12H2,1H3,(H,23,25)/t14-,18+/m1/s1. The molecular formula is C20H20ClFN2O3. The van der Waals surface area contributed by atoms with Crippen LogP contribution in [0.2, 0.25) is 5.02 Å². The number of anilines is 1. The molecule has 0 spiro atoms. The summed E-state index contributed by atoms with van der Waals surface area (Å²) in [6.07, 6.45) is 0.353. The highest BCUT2D eigenvalue weighted by Crippen LogP contribution is 2.24. The summed E-state index contributed by atoms with van der Waals surface area (Å²) in [5.41, 5.74) is 1.49. The lowest BCUT2D eigenvalue weighted by molar-refractivity contribution is -0.126. The molecular weight excluding hydrogens is 371 g/mol. The van der Waals surface area contributed by atoms with E-state index in [1.165, 1.54) is 23.1 Å². The zero-order valence-electron chi connectivity index (χ0n) is 14.8. The lowest BCUT2D eigenvalue weighted by atomic mass is 10.1. The van der Waals surface area contributed by atoms with E-state index in [2.05, 4.69) is 5.32 Å². The monoisotopic (exact) mass is 390 g/mol. The number of amides is 2. The molecule has 2 aromatic rings. The number of rotatable bonds is 6. The zero-order chi connectivity index (χ0) is 19.4. The Morgan fingerprint density at radius 1 is 1.30 bits per heavy atom. The first-order valence-corrected chi connectivity index (χ1v) is 8.98. The number of ether oxygens (including phenoxy) is 1. The van der Waals surface area contributed by atoms with E-state index in [-0.39, 0.29) is 29.4 Å². The fourth-order valence-electron chi connectivity index (χ4n) is 2.99. The van der Waals surface area contributed by atoms with Gasteiger partial charge in [0.25, 0.3) is 0 Å². The summed E-state index contributed by atoms with van der Waals surface area (Å²) in [6.45, 7) is 0.661. The number of carbonyl (C=O) groups is 2. The predicted molar refractivity (Wildman–Crippen MR) is 101 cm³/mol. The van der Waals surface area contributed by atoms with Crippen molar-refractivity contribution in [3.8, 4) is 0 Å². The first kappa shape index (κ1) is 19.3. The molecule has 1 N–H and O–H groups in total. The Kier molecular flexibility index (Phi) is 6.08. The SMILES string of the molecule is CN(C(=O)[C@@H]1C[C@H](COCc2ccccc2)C(=O)N1)c1ccc(F)c(Cl)c1. The molecule has 2 aromatic carbocycles. The molecule has 1 aliphatic rings. The molecule has 1 heterocycles. The van der Waals surface area contributed by atoms with Gasteiger partial charge in [0.15, 0.2) is 0 Å². The van der Waals surface area contributed by atoms with Crippen LogP contribution in [0.1, 0.15) is 12.0 Å². The van der Waals surface area contributed by atoms with Crippen LogP contribution in [0.5, 0.6) is 0 Å². The molecule has 3 rings (SSSR count). The quantitative estimate of drug-likeness (QED) is 0.824. The van der Waals surface area contributed by atoms with Crippen LogP contribution >= 0.6 is 11.6 Å². The van der Waals surface area contributed by atoms with Crippen LogP contribution in [0.4, 0.5) is 10.1 Å². The molecule has 0 saturated carbocycles. The van der Waals surface area contributed by atoms with Crippen LogP contribution < -0.4 is 10.2 Å². The fourth-order valence-corrected chi connectivity index (χ4v) is 3.17. The summed E-state index contributed by atoms with van der Waals surface area (Å²) in [7, 11) is 1.57. The van der Waals surface area contributed by atoms with Crippen molar-refractivity contribution in [3.63, 3.8) is 0 Å². The first-order chi connectivity index (χ1) is 13.0. The van der Waals surface area contributed by atoms with Crippen molar-refractivity contribution < 1.29 is 18.7 Å². The molecule has 27 heavy (non-hydrogen) atoms. The maximum Gasteiger partial charge on any atom is 0.249 e. The normalized spacial score (nSPS) is 19.0. The number of carbonyl (C=O) groups excluding carboxylic acids is 2. The van der Waals surface area contributed by atoms with Gasteiger partial charge in [-0.25, -0.2) is 4.39 Å². The van der Waals surface area contributed by atoms with Crippen molar-refractivity contribution in [2.24, 2.45) is 5.92 Å². The van der Waals surface area contributed by atoms with E-state index >= 15 is 0 Å². The highest BCUT2D eigenvalue weighted by Gasteiger charge is 2.37. The molecule has 0 aromatic heterocycles. The number of benzene rings is 2. The molecule has 142 valence electrons. The largest absolute Gasteiger partial charge is 0.376 e. The molecule has 0 aliphatic carbocycles. The third-order valence-corrected chi connectivity index (χ3v) is 4.85. The first-order valence-electron chi connectivity index (χ1n) is 8.60. The Bertz CT molecular complexity index is 831. The molecule has 0 radical (unpaired) electrons. The minimum absolute atomic E-state index is 0.0604. The highest BCUT2D eigenvalue weighted by atomic mass is 35.5. The summed E-state index contributed by atoms with van der Waals surface area (Å²) >= 11 is 5.78. The summed E-state index contributed by atoms with van der Waals surface area (Å²) in [6, 6.07) is 13.1. The van der Waals surface area contributed by atoms with Crippen LogP contribution in [-0.2, 0) is 20.9 Å². The number of hydrogen-bond donors (Lipinski definition) is 1. The van der Waals surface area contributed by atoms with Gasteiger partial charge in [-0.3, -0.25) is 9.59 Å². The average Bonchev–Trinajstić information content (AvgIpc) is 3.04. The fraction of sp³-hybridized carbons (Fsp3) is 0.300. The molecule has 0 unspecified atom stereocenters. The van der Waals surface area contributed by atoms with Gasteiger partial charge in [0.05, 0.1) is 24.2 Å². The summed E-state index contributed by atoms with van der Waals surface area (Å²) in [5, 5.41) is 2.65. The van der Waals surface area contributed by atoms with Crippen LogP contribution in [0.3, 0.4) is 0 Å². The van der Waals surface area contributed by atoms with Gasteiger partial charge in [-0.15, -0.1) is 0 Å². The smallest absolute Gasteiger partial charge is 0.249 e. The Labute approximate surface area is 162 Å². The lowest BCUT2D eigenvalue weighted by Gasteiger charge is -2.21. The van der Waals surface area contributed by atoms with Gasteiger partial charge >= 0.3 is 0 Å². The number of halogens is 2. The molecule has 2 amide bonds. The van der Waals surface area contributed by atoms with Crippen molar-refractivity contribution in [3.05, 3.63) is 64.9 Å². The van der Waals surface area contributed by atoms with Crippen molar-refractivity contribution in [1.29, 1.82) is 0 Å². The summed E-state index contributed by atoms with van der Waals surface area (Å²) < 4.78 is 18.9. The molecule has 7 heteroatoms. The van der Waals surface area contributed by atoms with E-state index in [9.17, 15) is 14.0 Å². The molecule has 5 nitrogen and oxygen atoms in total. The van der Waals surface area contributed by atoms with Crippen LogP contribution in [-0.4, -0.2) is 31.5 Å². The van der Waals surface area contributed by atoms with Gasteiger partial charge in [0.2, 0.25) is 11.8 Å². The summed E-state index contributed by atoms with van der Waals surface area (Å²) in [5.74, 6) is -1.41. The second-order valence-electron chi connectivity index (χ2n) is 6.49. The van der Waals surface area contributed by atoms with Gasteiger partial charge in [-0.2, -0.15) is 0 Å². The van der Waals surface area contributed by atoms with Gasteiger partial charge in [0.1, 0.15) is 11.9 Å². The number of likely N-dealkylation sites (N-methyl/N-ethyl adjacent to an activating group) is 1. The van der Waals surface area contributed by atoms with Crippen molar-refractivity contribution >= 4 is 29.1 Å². The van der Waals surface area contributed by atoms with Crippen LogP contribution in [0.15, 0.2) is 48.5 Å². The molecule has 0 bridgehead atoms. The maximum atomic E-state index is 13.3. The van der Waals surface area contributed by atoms with E-state index in [0.29, 0.717) is 18.7 Å². The molecule has 1 aliphatic heterocycles. The van der Waals surface area contributed by atoms with E-state index in [1.54, 1.807) is 7.05 Å². The highest BCUT2D eigenvalue weighted by molar-refractivity contribution is 6.31. The third kappa shape index (κ3) is 4.64. The third-order valence-electron chi connectivity index (χ3n) is 4.56.